The van der Waals surface area contributed by atoms with Gasteiger partial charge in [0.1, 0.15) is 5.52 Å². The number of rotatable bonds is 4. The normalized spacial score (nSPS) is 11.1. The van der Waals surface area contributed by atoms with Crippen LogP contribution in [0.3, 0.4) is 0 Å². The Balaban J connectivity index is 2.09. The van der Waals surface area contributed by atoms with Gasteiger partial charge < -0.3 is 9.15 Å². The Morgan fingerprint density at radius 3 is 3.00 bits per heavy atom. The van der Waals surface area contributed by atoms with E-state index >= 15 is 0 Å². The summed E-state index contributed by atoms with van der Waals surface area (Å²) in [5, 5.41) is 0. The van der Waals surface area contributed by atoms with Gasteiger partial charge in [0.25, 0.3) is 0 Å². The number of carbonyl (C=O) groups is 1. The summed E-state index contributed by atoms with van der Waals surface area (Å²) in [6, 6.07) is 5.86. The molecular formula is C13H16N2O3. The van der Waals surface area contributed by atoms with Crippen molar-refractivity contribution in [1.82, 2.24) is 9.88 Å². The van der Waals surface area contributed by atoms with Gasteiger partial charge >= 0.3 is 5.97 Å². The molecule has 0 N–H and O–H groups in total. The molecule has 18 heavy (non-hydrogen) atoms. The number of carbonyl (C=O) groups excluding carboxylic acids is 1. The molecule has 0 amide bonds. The number of aryl methyl sites for hydroxylation is 1. The SMILES string of the molecule is COC(=O)CN(C)Cc1ccc2nc(C)oc2c1. The number of fused-ring (bicyclic) bond motifs is 1. The number of aromatic nitrogens is 1. The lowest BCUT2D eigenvalue weighted by atomic mass is 10.2. The van der Waals surface area contributed by atoms with E-state index in [1.54, 1.807) is 0 Å². The molecule has 0 bridgehead atoms. The van der Waals surface area contributed by atoms with E-state index in [9.17, 15) is 4.79 Å². The largest absolute Gasteiger partial charge is 0.468 e. The van der Waals surface area contributed by atoms with Crippen LogP contribution in [0.25, 0.3) is 11.1 Å². The number of oxazole rings is 1. The van der Waals surface area contributed by atoms with Gasteiger partial charge in [-0.3, -0.25) is 9.69 Å². The topological polar surface area (TPSA) is 55.6 Å². The molecule has 0 radical (unpaired) electrons. The Labute approximate surface area is 105 Å². The van der Waals surface area contributed by atoms with E-state index in [1.807, 2.05) is 37.1 Å². The number of ether oxygens (including phenoxy) is 1. The van der Waals surface area contributed by atoms with Crippen molar-refractivity contribution in [2.45, 2.75) is 13.5 Å². The lowest BCUT2D eigenvalue weighted by Crippen LogP contribution is -2.26. The molecule has 0 unspecified atom stereocenters. The van der Waals surface area contributed by atoms with Crippen LogP contribution in [0.15, 0.2) is 22.6 Å². The van der Waals surface area contributed by atoms with Gasteiger partial charge in [-0.2, -0.15) is 0 Å². The number of benzene rings is 1. The van der Waals surface area contributed by atoms with E-state index in [1.165, 1.54) is 7.11 Å². The molecule has 2 aromatic rings. The van der Waals surface area contributed by atoms with Crippen molar-refractivity contribution in [2.24, 2.45) is 0 Å². The second kappa shape index (κ2) is 5.18. The highest BCUT2D eigenvalue weighted by molar-refractivity contribution is 5.73. The van der Waals surface area contributed by atoms with Crippen LogP contribution >= 0.6 is 0 Å². The van der Waals surface area contributed by atoms with Crippen LogP contribution in [-0.2, 0) is 16.1 Å². The molecule has 2 rings (SSSR count). The maximum atomic E-state index is 11.1. The second-order valence-electron chi connectivity index (χ2n) is 4.28. The molecule has 0 fully saturated rings. The fourth-order valence-electron chi connectivity index (χ4n) is 1.84. The minimum absolute atomic E-state index is 0.242. The van der Waals surface area contributed by atoms with Crippen molar-refractivity contribution in [2.75, 3.05) is 20.7 Å². The first-order valence-electron chi connectivity index (χ1n) is 5.70. The molecule has 5 heteroatoms. The Hall–Kier alpha value is -1.88. The molecule has 0 aliphatic heterocycles. The van der Waals surface area contributed by atoms with E-state index in [2.05, 4.69) is 9.72 Å². The zero-order valence-corrected chi connectivity index (χ0v) is 10.8. The van der Waals surface area contributed by atoms with E-state index < -0.39 is 0 Å². The molecule has 0 saturated carbocycles. The fraction of sp³-hybridized carbons (Fsp3) is 0.385. The van der Waals surface area contributed by atoms with Crippen LogP contribution in [-0.4, -0.2) is 36.6 Å². The average Bonchev–Trinajstić information content (AvgIpc) is 2.68. The van der Waals surface area contributed by atoms with Gasteiger partial charge in [-0.1, -0.05) is 6.07 Å². The Bertz CT molecular complexity index is 562. The van der Waals surface area contributed by atoms with Crippen LogP contribution in [0, 0.1) is 6.92 Å². The van der Waals surface area contributed by atoms with Crippen molar-refractivity contribution in [3.05, 3.63) is 29.7 Å². The molecular weight excluding hydrogens is 232 g/mol. The van der Waals surface area contributed by atoms with Crippen molar-refractivity contribution < 1.29 is 13.9 Å². The van der Waals surface area contributed by atoms with Crippen LogP contribution in [0.5, 0.6) is 0 Å². The van der Waals surface area contributed by atoms with Crippen molar-refractivity contribution in [3.8, 4) is 0 Å². The van der Waals surface area contributed by atoms with Crippen LogP contribution in [0.4, 0.5) is 0 Å². The van der Waals surface area contributed by atoms with Gasteiger partial charge in [0.05, 0.1) is 13.7 Å². The van der Waals surface area contributed by atoms with Gasteiger partial charge in [-0.05, 0) is 24.7 Å². The first kappa shape index (κ1) is 12.6. The number of hydrogen-bond donors (Lipinski definition) is 0. The summed E-state index contributed by atoms with van der Waals surface area (Å²) in [5.41, 5.74) is 2.70. The monoisotopic (exact) mass is 248 g/mol. The van der Waals surface area contributed by atoms with Gasteiger partial charge in [-0.15, -0.1) is 0 Å². The first-order valence-corrected chi connectivity index (χ1v) is 5.70. The molecule has 1 aromatic carbocycles. The number of nitrogens with zero attached hydrogens (tertiary/aromatic N) is 2. The number of esters is 1. The first-order chi connectivity index (χ1) is 8.58. The van der Waals surface area contributed by atoms with Crippen molar-refractivity contribution >= 4 is 17.1 Å². The predicted molar refractivity (Wildman–Crippen MR) is 67.1 cm³/mol. The minimum Gasteiger partial charge on any atom is -0.468 e. The van der Waals surface area contributed by atoms with Crippen molar-refractivity contribution in [3.63, 3.8) is 0 Å². The summed E-state index contributed by atoms with van der Waals surface area (Å²) in [7, 11) is 3.26. The van der Waals surface area contributed by atoms with Gasteiger partial charge in [0.15, 0.2) is 11.5 Å². The zero-order valence-electron chi connectivity index (χ0n) is 10.8. The second-order valence-corrected chi connectivity index (χ2v) is 4.28. The average molecular weight is 248 g/mol. The molecule has 5 nitrogen and oxygen atoms in total. The highest BCUT2D eigenvalue weighted by atomic mass is 16.5. The van der Waals surface area contributed by atoms with Gasteiger partial charge in [-0.25, -0.2) is 4.98 Å². The summed E-state index contributed by atoms with van der Waals surface area (Å²) in [6.45, 7) is 2.75. The summed E-state index contributed by atoms with van der Waals surface area (Å²) in [4.78, 5) is 17.3. The Morgan fingerprint density at radius 1 is 1.50 bits per heavy atom. The maximum Gasteiger partial charge on any atom is 0.319 e. The molecule has 1 aromatic heterocycles. The van der Waals surface area contributed by atoms with Crippen LogP contribution in [0.1, 0.15) is 11.5 Å². The molecule has 0 spiro atoms. The van der Waals surface area contributed by atoms with Crippen molar-refractivity contribution in [1.29, 1.82) is 0 Å². The third-order valence-electron chi connectivity index (χ3n) is 2.64. The fourth-order valence-corrected chi connectivity index (χ4v) is 1.84. The minimum atomic E-state index is -0.242. The molecule has 96 valence electrons. The predicted octanol–water partition coefficient (Wildman–Crippen LogP) is 1.74. The van der Waals surface area contributed by atoms with E-state index in [0.717, 1.165) is 16.7 Å². The van der Waals surface area contributed by atoms with Crippen LogP contribution in [0.2, 0.25) is 0 Å². The number of hydrogen-bond acceptors (Lipinski definition) is 5. The number of methoxy groups -OCH3 is 1. The highest BCUT2D eigenvalue weighted by Gasteiger charge is 2.08. The molecule has 1 heterocycles. The maximum absolute atomic E-state index is 11.1. The van der Waals surface area contributed by atoms with Crippen LogP contribution < -0.4 is 0 Å². The third kappa shape index (κ3) is 2.87. The molecule has 0 aliphatic rings. The standard InChI is InChI=1S/C13H16N2O3/c1-9-14-11-5-4-10(6-12(11)18-9)7-15(2)8-13(16)17-3/h4-6H,7-8H2,1-3H3. The van der Waals surface area contributed by atoms with E-state index in [-0.39, 0.29) is 12.5 Å². The van der Waals surface area contributed by atoms with E-state index in [4.69, 9.17) is 4.42 Å². The lowest BCUT2D eigenvalue weighted by Gasteiger charge is -2.14. The molecule has 0 aliphatic carbocycles. The Kier molecular flexibility index (Phi) is 3.62. The highest BCUT2D eigenvalue weighted by Crippen LogP contribution is 2.17. The lowest BCUT2D eigenvalue weighted by molar-refractivity contribution is -0.141. The third-order valence-corrected chi connectivity index (χ3v) is 2.64. The summed E-state index contributed by atoms with van der Waals surface area (Å²) in [6.07, 6.45) is 0. The van der Waals surface area contributed by atoms with Gasteiger partial charge in [0.2, 0.25) is 0 Å². The van der Waals surface area contributed by atoms with Gasteiger partial charge in [0, 0.05) is 13.5 Å². The summed E-state index contributed by atoms with van der Waals surface area (Å²) in [5.74, 6) is 0.416. The van der Waals surface area contributed by atoms with E-state index in [0.29, 0.717) is 12.4 Å². The molecule has 0 saturated heterocycles. The zero-order chi connectivity index (χ0) is 13.1. The Morgan fingerprint density at radius 2 is 2.28 bits per heavy atom. The summed E-state index contributed by atoms with van der Waals surface area (Å²) < 4.78 is 10.1. The summed E-state index contributed by atoms with van der Waals surface area (Å²) >= 11 is 0. The smallest absolute Gasteiger partial charge is 0.319 e. The number of likely N-dealkylation sites (N-methyl/N-ethyl adjacent to an activating group) is 1. The quantitative estimate of drug-likeness (QED) is 0.771. The molecule has 0 atom stereocenters.